The molecule has 18 heavy (non-hydrogen) atoms. The Balaban J connectivity index is 2.95. The normalized spacial score (nSPS) is 10.7. The third kappa shape index (κ3) is 4.04. The molecule has 0 aromatic heterocycles. The van der Waals surface area contributed by atoms with E-state index < -0.39 is 11.7 Å². The maximum absolute atomic E-state index is 11.6. The molecule has 1 amide bonds. The first-order valence-electron chi connectivity index (χ1n) is 5.43. The highest BCUT2D eigenvalue weighted by Crippen LogP contribution is 2.25. The lowest BCUT2D eigenvalue weighted by molar-refractivity contribution is 0.0636. The van der Waals surface area contributed by atoms with Crippen LogP contribution in [-0.2, 0) is 4.74 Å². The van der Waals surface area contributed by atoms with Crippen LogP contribution in [0.15, 0.2) is 16.6 Å². The van der Waals surface area contributed by atoms with E-state index >= 15 is 0 Å². The van der Waals surface area contributed by atoms with E-state index in [2.05, 4.69) is 21.2 Å². The van der Waals surface area contributed by atoms with Crippen LogP contribution < -0.4 is 5.32 Å². The molecule has 0 aliphatic carbocycles. The smallest absolute Gasteiger partial charge is 0.412 e. The van der Waals surface area contributed by atoms with Crippen molar-refractivity contribution < 1.29 is 9.53 Å². The quantitative estimate of drug-likeness (QED) is 0.853. The average Bonchev–Trinajstić information content (AvgIpc) is 2.20. The zero-order valence-corrected chi connectivity index (χ0v) is 12.4. The van der Waals surface area contributed by atoms with Gasteiger partial charge in [0.25, 0.3) is 0 Å². The van der Waals surface area contributed by atoms with E-state index in [0.717, 1.165) is 10.0 Å². The summed E-state index contributed by atoms with van der Waals surface area (Å²) in [4.78, 5) is 11.6. The van der Waals surface area contributed by atoms with Gasteiger partial charge in [0, 0.05) is 4.47 Å². The molecule has 1 aromatic rings. The van der Waals surface area contributed by atoms with E-state index in [1.54, 1.807) is 32.9 Å². The van der Waals surface area contributed by atoms with Crippen LogP contribution in [0.4, 0.5) is 10.5 Å². The molecule has 0 radical (unpaired) electrons. The van der Waals surface area contributed by atoms with Crippen molar-refractivity contribution in [1.82, 2.24) is 0 Å². The minimum Gasteiger partial charge on any atom is -0.444 e. The minimum atomic E-state index is -0.569. The number of aryl methyl sites for hydroxylation is 1. The van der Waals surface area contributed by atoms with Crippen LogP contribution in [0.1, 0.15) is 31.9 Å². The van der Waals surface area contributed by atoms with Crippen LogP contribution in [-0.4, -0.2) is 11.7 Å². The molecule has 0 heterocycles. The van der Waals surface area contributed by atoms with Gasteiger partial charge in [-0.3, -0.25) is 5.32 Å². The van der Waals surface area contributed by atoms with Crippen molar-refractivity contribution in [3.05, 3.63) is 27.7 Å². The molecule has 0 saturated heterocycles. The third-order valence-corrected chi connectivity index (χ3v) is 2.91. The second kappa shape index (κ2) is 5.40. The number of hydrogen-bond acceptors (Lipinski definition) is 3. The van der Waals surface area contributed by atoms with Crippen molar-refractivity contribution in [2.45, 2.75) is 33.3 Å². The van der Waals surface area contributed by atoms with Gasteiger partial charge >= 0.3 is 6.09 Å². The number of rotatable bonds is 1. The fraction of sp³-hybridized carbons (Fsp3) is 0.385. The van der Waals surface area contributed by atoms with Gasteiger partial charge < -0.3 is 4.74 Å². The molecule has 1 rings (SSSR count). The van der Waals surface area contributed by atoms with Gasteiger partial charge in [0.1, 0.15) is 11.7 Å². The lowest BCUT2D eigenvalue weighted by Crippen LogP contribution is -2.27. The van der Waals surface area contributed by atoms with Crippen LogP contribution >= 0.6 is 15.9 Å². The largest absolute Gasteiger partial charge is 0.444 e. The Hall–Kier alpha value is -1.54. The Bertz CT molecular complexity index is 513. The van der Waals surface area contributed by atoms with E-state index in [1.807, 2.05) is 13.0 Å². The van der Waals surface area contributed by atoms with Gasteiger partial charge in [-0.2, -0.15) is 5.26 Å². The predicted molar refractivity (Wildman–Crippen MR) is 73.5 cm³/mol. The van der Waals surface area contributed by atoms with Crippen LogP contribution in [0.2, 0.25) is 0 Å². The van der Waals surface area contributed by atoms with Gasteiger partial charge in [-0.15, -0.1) is 0 Å². The molecule has 0 bridgehead atoms. The van der Waals surface area contributed by atoms with E-state index in [1.165, 1.54) is 0 Å². The number of ether oxygens (including phenoxy) is 1. The highest BCUT2D eigenvalue weighted by molar-refractivity contribution is 9.10. The van der Waals surface area contributed by atoms with Crippen molar-refractivity contribution in [2.75, 3.05) is 5.32 Å². The summed E-state index contributed by atoms with van der Waals surface area (Å²) in [5.74, 6) is 0. The summed E-state index contributed by atoms with van der Waals surface area (Å²) in [5.41, 5.74) is 1.20. The fourth-order valence-electron chi connectivity index (χ4n) is 1.29. The Kier molecular flexibility index (Phi) is 4.36. The summed E-state index contributed by atoms with van der Waals surface area (Å²) in [6, 6.07) is 5.43. The summed E-state index contributed by atoms with van der Waals surface area (Å²) in [6.45, 7) is 7.23. The number of halogens is 1. The molecule has 0 fully saturated rings. The lowest BCUT2D eigenvalue weighted by atomic mass is 10.1. The molecule has 0 spiro atoms. The summed E-state index contributed by atoms with van der Waals surface area (Å²) in [7, 11) is 0. The number of anilines is 1. The first-order valence-corrected chi connectivity index (χ1v) is 6.22. The SMILES string of the molecule is Cc1cc(NC(=O)OC(C)(C)C)c(C#N)cc1Br. The zero-order valence-electron chi connectivity index (χ0n) is 10.8. The molecule has 0 saturated carbocycles. The molecule has 4 nitrogen and oxygen atoms in total. The second-order valence-electron chi connectivity index (χ2n) is 4.89. The van der Waals surface area contributed by atoms with Gasteiger partial charge in [0.05, 0.1) is 11.3 Å². The number of benzene rings is 1. The highest BCUT2D eigenvalue weighted by Gasteiger charge is 2.17. The van der Waals surface area contributed by atoms with Crippen molar-refractivity contribution in [1.29, 1.82) is 5.26 Å². The number of hydrogen-bond donors (Lipinski definition) is 1. The fourth-order valence-corrected chi connectivity index (χ4v) is 1.63. The highest BCUT2D eigenvalue weighted by atomic mass is 79.9. The Labute approximate surface area is 115 Å². The molecule has 0 unspecified atom stereocenters. The molecule has 0 aliphatic rings. The van der Waals surface area contributed by atoms with Crippen LogP contribution in [0.3, 0.4) is 0 Å². The van der Waals surface area contributed by atoms with Gasteiger partial charge in [-0.05, 0) is 45.4 Å². The maximum atomic E-state index is 11.6. The molecule has 0 atom stereocenters. The van der Waals surface area contributed by atoms with E-state index in [-0.39, 0.29) is 0 Å². The van der Waals surface area contributed by atoms with E-state index in [4.69, 9.17) is 10.00 Å². The lowest BCUT2D eigenvalue weighted by Gasteiger charge is -2.20. The summed E-state index contributed by atoms with van der Waals surface area (Å²) in [6.07, 6.45) is -0.569. The number of nitrogens with zero attached hydrogens (tertiary/aromatic N) is 1. The van der Waals surface area contributed by atoms with Crippen LogP contribution in [0.25, 0.3) is 0 Å². The standard InChI is InChI=1S/C13H15BrN2O2/c1-8-5-11(9(7-15)6-10(8)14)16-12(17)18-13(2,3)4/h5-6H,1-4H3,(H,16,17). The van der Waals surface area contributed by atoms with Crippen molar-refractivity contribution in [2.24, 2.45) is 0 Å². The Morgan fingerprint density at radius 3 is 2.56 bits per heavy atom. The number of nitriles is 1. The maximum Gasteiger partial charge on any atom is 0.412 e. The van der Waals surface area contributed by atoms with Crippen molar-refractivity contribution in [3.8, 4) is 6.07 Å². The number of carbonyl (C=O) groups excluding carboxylic acids is 1. The van der Waals surface area contributed by atoms with Gasteiger partial charge in [0.15, 0.2) is 0 Å². The molecule has 1 aromatic carbocycles. The second-order valence-corrected chi connectivity index (χ2v) is 5.74. The molecule has 1 N–H and O–H groups in total. The molecular weight excluding hydrogens is 296 g/mol. The van der Waals surface area contributed by atoms with Gasteiger partial charge in [-0.25, -0.2) is 4.79 Å². The van der Waals surface area contributed by atoms with Crippen molar-refractivity contribution >= 4 is 27.7 Å². The summed E-state index contributed by atoms with van der Waals surface area (Å²) < 4.78 is 5.97. The predicted octanol–water partition coefficient (Wildman–Crippen LogP) is 3.98. The topological polar surface area (TPSA) is 62.1 Å². The van der Waals surface area contributed by atoms with E-state index in [0.29, 0.717) is 11.3 Å². The molecule has 0 aliphatic heterocycles. The monoisotopic (exact) mass is 310 g/mol. The van der Waals surface area contributed by atoms with Crippen LogP contribution in [0, 0.1) is 18.3 Å². The van der Waals surface area contributed by atoms with Crippen LogP contribution in [0.5, 0.6) is 0 Å². The van der Waals surface area contributed by atoms with Crippen molar-refractivity contribution in [3.63, 3.8) is 0 Å². The first-order chi connectivity index (χ1) is 8.23. The van der Waals surface area contributed by atoms with Gasteiger partial charge in [0.2, 0.25) is 0 Å². The number of carbonyl (C=O) groups is 1. The zero-order chi connectivity index (χ0) is 13.9. The Morgan fingerprint density at radius 1 is 1.44 bits per heavy atom. The number of nitrogens with one attached hydrogen (secondary N) is 1. The number of amides is 1. The Morgan fingerprint density at radius 2 is 2.06 bits per heavy atom. The molecule has 96 valence electrons. The summed E-state index contributed by atoms with van der Waals surface area (Å²) in [5, 5.41) is 11.6. The third-order valence-electron chi connectivity index (χ3n) is 2.05. The minimum absolute atomic E-state index is 0.387. The average molecular weight is 311 g/mol. The molecule has 5 heteroatoms. The van der Waals surface area contributed by atoms with Gasteiger partial charge in [-0.1, -0.05) is 15.9 Å². The first kappa shape index (κ1) is 14.5. The molecular formula is C13H15BrN2O2. The summed E-state index contributed by atoms with van der Waals surface area (Å²) >= 11 is 3.34. The van der Waals surface area contributed by atoms with E-state index in [9.17, 15) is 4.79 Å².